The van der Waals surface area contributed by atoms with Gasteiger partial charge in [0.1, 0.15) is 5.82 Å². The molecule has 1 saturated heterocycles. The first-order chi connectivity index (χ1) is 10.1. The third-order valence-electron chi connectivity index (χ3n) is 3.55. The van der Waals surface area contributed by atoms with Gasteiger partial charge in [0.15, 0.2) is 0 Å². The monoisotopic (exact) mass is 291 g/mol. The van der Waals surface area contributed by atoms with Crippen LogP contribution in [0.1, 0.15) is 41.6 Å². The lowest BCUT2D eigenvalue weighted by Gasteiger charge is -2.20. The van der Waals surface area contributed by atoms with E-state index in [1.807, 2.05) is 0 Å². The van der Waals surface area contributed by atoms with Crippen molar-refractivity contribution in [3.63, 3.8) is 0 Å². The molecule has 0 unspecified atom stereocenters. The number of hydrogen-bond acceptors (Lipinski definition) is 2. The van der Waals surface area contributed by atoms with Crippen molar-refractivity contribution in [2.75, 3.05) is 13.1 Å². The van der Waals surface area contributed by atoms with Gasteiger partial charge in [-0.15, -0.1) is 0 Å². The highest BCUT2D eigenvalue weighted by atomic mass is 19.1. The number of carboxylic acid groups (broad SMARTS) is 1. The van der Waals surface area contributed by atoms with E-state index in [1.54, 1.807) is 4.90 Å². The highest BCUT2D eigenvalue weighted by Crippen LogP contribution is 2.17. The van der Waals surface area contributed by atoms with Crippen LogP contribution in [-0.4, -0.2) is 35.0 Å². The molecule has 0 aromatic heterocycles. The maximum Gasteiger partial charge on any atom is 0.328 e. The Hall–Kier alpha value is -2.17. The molecule has 1 aliphatic rings. The summed E-state index contributed by atoms with van der Waals surface area (Å²) in [5.74, 6) is -1.89. The highest BCUT2D eigenvalue weighted by molar-refractivity contribution is 5.94. The fraction of sp³-hybridized carbons (Fsp3) is 0.375. The van der Waals surface area contributed by atoms with Crippen molar-refractivity contribution in [2.45, 2.75) is 25.7 Å². The number of carboxylic acids is 1. The van der Waals surface area contributed by atoms with E-state index in [-0.39, 0.29) is 11.5 Å². The molecule has 2 rings (SSSR count). The standard InChI is InChI=1S/C16H18FNO3/c17-14-11-13(6-5-12(14)7-8-15(19)20)16(21)18-9-3-1-2-4-10-18/h5-8,11H,1-4,9-10H2,(H,19,20). The zero-order valence-electron chi connectivity index (χ0n) is 11.7. The van der Waals surface area contributed by atoms with Crippen molar-refractivity contribution in [1.29, 1.82) is 0 Å². The number of likely N-dealkylation sites (tertiary alicyclic amines) is 1. The summed E-state index contributed by atoms with van der Waals surface area (Å²) in [5, 5.41) is 8.54. The average molecular weight is 291 g/mol. The second kappa shape index (κ2) is 7.02. The smallest absolute Gasteiger partial charge is 0.328 e. The molecule has 1 aromatic rings. The van der Waals surface area contributed by atoms with Crippen LogP contribution in [-0.2, 0) is 4.79 Å². The Morgan fingerprint density at radius 3 is 2.38 bits per heavy atom. The van der Waals surface area contributed by atoms with Crippen molar-refractivity contribution in [2.24, 2.45) is 0 Å². The molecule has 0 spiro atoms. The van der Waals surface area contributed by atoms with Crippen LogP contribution < -0.4 is 0 Å². The van der Waals surface area contributed by atoms with Crippen LogP contribution in [0.15, 0.2) is 24.3 Å². The second-order valence-corrected chi connectivity index (χ2v) is 5.11. The van der Waals surface area contributed by atoms with Gasteiger partial charge in [-0.3, -0.25) is 4.79 Å². The van der Waals surface area contributed by atoms with E-state index < -0.39 is 11.8 Å². The molecule has 1 heterocycles. The van der Waals surface area contributed by atoms with Gasteiger partial charge in [0.25, 0.3) is 5.91 Å². The molecule has 112 valence electrons. The van der Waals surface area contributed by atoms with Gasteiger partial charge in [-0.1, -0.05) is 18.9 Å². The quantitative estimate of drug-likeness (QED) is 0.871. The molecule has 0 bridgehead atoms. The Balaban J connectivity index is 2.15. The predicted molar refractivity (Wildman–Crippen MR) is 77.4 cm³/mol. The Morgan fingerprint density at radius 2 is 1.81 bits per heavy atom. The predicted octanol–water partition coefficient (Wildman–Crippen LogP) is 2.94. The third-order valence-corrected chi connectivity index (χ3v) is 3.55. The lowest BCUT2D eigenvalue weighted by atomic mass is 10.1. The number of benzene rings is 1. The van der Waals surface area contributed by atoms with E-state index >= 15 is 0 Å². The lowest BCUT2D eigenvalue weighted by Crippen LogP contribution is -2.31. The fourth-order valence-electron chi connectivity index (χ4n) is 2.41. The highest BCUT2D eigenvalue weighted by Gasteiger charge is 2.18. The first-order valence-electron chi connectivity index (χ1n) is 7.08. The first kappa shape index (κ1) is 15.2. The average Bonchev–Trinajstić information content (AvgIpc) is 2.74. The van der Waals surface area contributed by atoms with Crippen molar-refractivity contribution in [1.82, 2.24) is 4.90 Å². The van der Waals surface area contributed by atoms with Crippen LogP contribution >= 0.6 is 0 Å². The van der Waals surface area contributed by atoms with Crippen LogP contribution in [0.2, 0.25) is 0 Å². The van der Waals surface area contributed by atoms with Crippen molar-refractivity contribution < 1.29 is 19.1 Å². The van der Waals surface area contributed by atoms with Crippen molar-refractivity contribution in [3.05, 3.63) is 41.2 Å². The number of aliphatic carboxylic acids is 1. The summed E-state index contributed by atoms with van der Waals surface area (Å²) in [6, 6.07) is 4.15. The van der Waals surface area contributed by atoms with Crippen LogP contribution in [0.4, 0.5) is 4.39 Å². The summed E-state index contributed by atoms with van der Waals surface area (Å²) in [4.78, 5) is 24.5. The number of amides is 1. The van der Waals surface area contributed by atoms with Gasteiger partial charge < -0.3 is 10.0 Å². The van der Waals surface area contributed by atoms with Crippen LogP contribution in [0.3, 0.4) is 0 Å². The largest absolute Gasteiger partial charge is 0.478 e. The Labute approximate surface area is 122 Å². The molecule has 1 fully saturated rings. The van der Waals surface area contributed by atoms with E-state index in [1.165, 1.54) is 24.3 Å². The Bertz CT molecular complexity index is 561. The number of carbonyl (C=O) groups is 2. The molecule has 0 saturated carbocycles. The minimum absolute atomic E-state index is 0.157. The van der Waals surface area contributed by atoms with Crippen LogP contribution in [0, 0.1) is 5.82 Å². The van der Waals surface area contributed by atoms with Gasteiger partial charge in [-0.05, 0) is 31.1 Å². The number of carbonyl (C=O) groups excluding carboxylic acids is 1. The van der Waals surface area contributed by atoms with Crippen molar-refractivity contribution in [3.8, 4) is 0 Å². The summed E-state index contributed by atoms with van der Waals surface area (Å²) in [5.41, 5.74) is 0.465. The summed E-state index contributed by atoms with van der Waals surface area (Å²) in [6.07, 6.45) is 6.25. The van der Waals surface area contributed by atoms with Crippen LogP contribution in [0.5, 0.6) is 0 Å². The van der Waals surface area contributed by atoms with E-state index in [2.05, 4.69) is 0 Å². The molecule has 0 aliphatic carbocycles. The zero-order valence-corrected chi connectivity index (χ0v) is 11.7. The maximum absolute atomic E-state index is 13.9. The third kappa shape index (κ3) is 4.15. The molecule has 1 aromatic carbocycles. The molecule has 21 heavy (non-hydrogen) atoms. The van der Waals surface area contributed by atoms with Crippen molar-refractivity contribution >= 4 is 18.0 Å². The number of nitrogens with zero attached hydrogens (tertiary/aromatic N) is 1. The molecule has 1 aliphatic heterocycles. The summed E-state index contributed by atoms with van der Waals surface area (Å²) in [7, 11) is 0. The maximum atomic E-state index is 13.9. The van der Waals surface area contributed by atoms with Gasteiger partial charge in [0.2, 0.25) is 0 Å². The molecule has 0 atom stereocenters. The molecule has 0 radical (unpaired) electrons. The molecule has 5 heteroatoms. The number of rotatable bonds is 3. The van der Waals surface area contributed by atoms with E-state index in [0.29, 0.717) is 18.7 Å². The van der Waals surface area contributed by atoms with Gasteiger partial charge in [0, 0.05) is 30.3 Å². The summed E-state index contributed by atoms with van der Waals surface area (Å²) in [6.45, 7) is 1.42. The van der Waals surface area contributed by atoms with E-state index in [9.17, 15) is 14.0 Å². The van der Waals surface area contributed by atoms with E-state index in [0.717, 1.165) is 31.8 Å². The molecular weight excluding hydrogens is 273 g/mol. The summed E-state index contributed by atoms with van der Waals surface area (Å²) >= 11 is 0. The van der Waals surface area contributed by atoms with Gasteiger partial charge in [-0.25, -0.2) is 9.18 Å². The fourth-order valence-corrected chi connectivity index (χ4v) is 2.41. The van der Waals surface area contributed by atoms with Gasteiger partial charge in [0.05, 0.1) is 0 Å². The number of halogens is 1. The summed E-state index contributed by atoms with van der Waals surface area (Å²) < 4.78 is 13.9. The van der Waals surface area contributed by atoms with Gasteiger partial charge >= 0.3 is 5.97 Å². The van der Waals surface area contributed by atoms with Crippen LogP contribution in [0.25, 0.3) is 6.08 Å². The SMILES string of the molecule is O=C(O)C=Cc1ccc(C(=O)N2CCCCCC2)cc1F. The minimum Gasteiger partial charge on any atom is -0.478 e. The van der Waals surface area contributed by atoms with E-state index in [4.69, 9.17) is 5.11 Å². The molecule has 1 amide bonds. The Morgan fingerprint density at radius 1 is 1.14 bits per heavy atom. The molecule has 4 nitrogen and oxygen atoms in total. The topological polar surface area (TPSA) is 57.6 Å². The minimum atomic E-state index is -1.14. The first-order valence-corrected chi connectivity index (χ1v) is 7.08. The number of hydrogen-bond donors (Lipinski definition) is 1. The second-order valence-electron chi connectivity index (χ2n) is 5.11. The zero-order chi connectivity index (χ0) is 15.2. The lowest BCUT2D eigenvalue weighted by molar-refractivity contribution is -0.131. The molecular formula is C16H18FNO3. The van der Waals surface area contributed by atoms with Gasteiger partial charge in [-0.2, -0.15) is 0 Å². The Kier molecular flexibility index (Phi) is 5.09. The molecule has 1 N–H and O–H groups in total. The normalized spacial score (nSPS) is 16.0.